The topological polar surface area (TPSA) is 22.1 Å². The summed E-state index contributed by atoms with van der Waals surface area (Å²) in [4.78, 5) is 5.03. The van der Waals surface area contributed by atoms with E-state index in [2.05, 4.69) is 66.7 Å². The van der Waals surface area contributed by atoms with Crippen LogP contribution in [-0.2, 0) is 12.8 Å². The molecule has 140 valence electrons. The highest BCUT2D eigenvalue weighted by Gasteiger charge is 2.10. The van der Waals surface area contributed by atoms with E-state index in [1.165, 1.54) is 16.5 Å². The van der Waals surface area contributed by atoms with Crippen molar-refractivity contribution >= 4 is 22.4 Å². The molecule has 4 aromatic rings. The largest absolute Gasteiger partial charge is 0.492 e. The molecule has 0 radical (unpaired) electrons. The van der Waals surface area contributed by atoms with Gasteiger partial charge in [-0.05, 0) is 34.7 Å². The molecule has 0 bridgehead atoms. The quantitative estimate of drug-likeness (QED) is 0.361. The zero-order valence-corrected chi connectivity index (χ0v) is 16.4. The summed E-state index contributed by atoms with van der Waals surface area (Å²) in [6.07, 6.45) is 1.61. The first-order valence-corrected chi connectivity index (χ1v) is 10.0. The van der Waals surface area contributed by atoms with Gasteiger partial charge in [0.2, 0.25) is 0 Å². The van der Waals surface area contributed by atoms with Gasteiger partial charge in [0.25, 0.3) is 0 Å². The lowest BCUT2D eigenvalue weighted by atomic mass is 10.0. The monoisotopic (exact) mass is 387 g/mol. The van der Waals surface area contributed by atoms with Gasteiger partial charge >= 0.3 is 0 Å². The molecule has 0 spiro atoms. The fourth-order valence-electron chi connectivity index (χ4n) is 3.42. The van der Waals surface area contributed by atoms with Crippen molar-refractivity contribution in [1.82, 2.24) is 4.98 Å². The van der Waals surface area contributed by atoms with Gasteiger partial charge in [-0.3, -0.25) is 4.98 Å². The predicted molar refractivity (Wildman–Crippen MR) is 116 cm³/mol. The van der Waals surface area contributed by atoms with Crippen molar-refractivity contribution in [3.8, 4) is 5.75 Å². The van der Waals surface area contributed by atoms with Crippen LogP contribution in [0, 0.1) is 0 Å². The minimum atomic E-state index is 0.475. The first-order valence-electron chi connectivity index (χ1n) is 9.51. The second-order valence-corrected chi connectivity index (χ2v) is 7.18. The third-order valence-electron chi connectivity index (χ3n) is 4.72. The van der Waals surface area contributed by atoms with Crippen molar-refractivity contribution in [1.29, 1.82) is 0 Å². The number of pyridine rings is 1. The van der Waals surface area contributed by atoms with Crippen LogP contribution in [0.25, 0.3) is 10.8 Å². The number of halogens is 1. The Morgan fingerprint density at radius 2 is 1.43 bits per heavy atom. The summed E-state index contributed by atoms with van der Waals surface area (Å²) in [5.41, 5.74) is 4.67. The number of fused-ring (bicyclic) bond motifs is 1. The molecule has 0 saturated heterocycles. The Hall–Kier alpha value is -2.84. The molecule has 3 heteroatoms. The third kappa shape index (κ3) is 4.52. The Kier molecular flexibility index (Phi) is 5.89. The zero-order valence-electron chi connectivity index (χ0n) is 15.6. The lowest BCUT2D eigenvalue weighted by Gasteiger charge is -2.12. The van der Waals surface area contributed by atoms with E-state index in [0.717, 1.165) is 35.4 Å². The first kappa shape index (κ1) is 18.5. The van der Waals surface area contributed by atoms with Crippen molar-refractivity contribution in [2.75, 3.05) is 12.5 Å². The molecular weight excluding hydrogens is 366 g/mol. The lowest BCUT2D eigenvalue weighted by Crippen LogP contribution is -2.02. The number of alkyl halides is 1. The van der Waals surface area contributed by atoms with Gasteiger partial charge in [-0.15, -0.1) is 11.6 Å². The Labute approximate surface area is 170 Å². The van der Waals surface area contributed by atoms with Crippen LogP contribution in [0.1, 0.15) is 22.5 Å². The molecule has 4 rings (SSSR count). The molecule has 0 aliphatic heterocycles. The molecule has 1 aromatic heterocycles. The van der Waals surface area contributed by atoms with Gasteiger partial charge in [0.05, 0.1) is 11.6 Å². The highest BCUT2D eigenvalue weighted by atomic mass is 35.5. The van der Waals surface area contributed by atoms with E-state index in [0.29, 0.717) is 12.5 Å². The maximum absolute atomic E-state index is 5.77. The van der Waals surface area contributed by atoms with Gasteiger partial charge in [0.15, 0.2) is 0 Å². The maximum atomic E-state index is 5.77. The van der Waals surface area contributed by atoms with Crippen LogP contribution in [-0.4, -0.2) is 17.5 Å². The summed E-state index contributed by atoms with van der Waals surface area (Å²) in [5, 5.41) is 2.32. The molecule has 3 aromatic carbocycles. The number of ether oxygens (including phenoxy) is 1. The Bertz CT molecular complexity index is 1050. The molecule has 28 heavy (non-hydrogen) atoms. The van der Waals surface area contributed by atoms with Crippen LogP contribution >= 0.6 is 11.6 Å². The fourth-order valence-corrected chi connectivity index (χ4v) is 3.50. The third-order valence-corrected chi connectivity index (χ3v) is 4.88. The average molecular weight is 388 g/mol. The van der Waals surface area contributed by atoms with Crippen molar-refractivity contribution in [2.45, 2.75) is 12.8 Å². The average Bonchev–Trinajstić information content (AvgIpc) is 2.74. The van der Waals surface area contributed by atoms with Crippen LogP contribution in [0.3, 0.4) is 0 Å². The van der Waals surface area contributed by atoms with E-state index in [9.17, 15) is 0 Å². The number of aromatic nitrogens is 1. The molecule has 0 N–H and O–H groups in total. The second kappa shape index (κ2) is 8.90. The van der Waals surface area contributed by atoms with Crippen LogP contribution in [0.5, 0.6) is 5.75 Å². The minimum absolute atomic E-state index is 0.475. The number of hydrogen-bond acceptors (Lipinski definition) is 2. The van der Waals surface area contributed by atoms with Gasteiger partial charge in [-0.1, -0.05) is 66.7 Å². The molecule has 0 saturated carbocycles. The maximum Gasteiger partial charge on any atom is 0.120 e. The van der Waals surface area contributed by atoms with E-state index < -0.39 is 0 Å². The van der Waals surface area contributed by atoms with Crippen molar-refractivity contribution in [3.63, 3.8) is 0 Å². The number of hydrogen-bond donors (Lipinski definition) is 0. The summed E-state index contributed by atoms with van der Waals surface area (Å²) >= 11 is 5.77. The zero-order chi connectivity index (χ0) is 19.2. The molecule has 1 heterocycles. The van der Waals surface area contributed by atoms with Crippen LogP contribution < -0.4 is 4.74 Å². The van der Waals surface area contributed by atoms with Gasteiger partial charge in [-0.2, -0.15) is 0 Å². The fraction of sp³-hybridized carbons (Fsp3) is 0.160. The highest BCUT2D eigenvalue weighted by Crippen LogP contribution is 2.26. The Balaban J connectivity index is 1.75. The van der Waals surface area contributed by atoms with Crippen LogP contribution in [0.15, 0.2) is 84.9 Å². The Morgan fingerprint density at radius 1 is 0.750 bits per heavy atom. The van der Waals surface area contributed by atoms with Gasteiger partial charge in [-0.25, -0.2) is 0 Å². The molecule has 0 atom stereocenters. The van der Waals surface area contributed by atoms with Gasteiger partial charge < -0.3 is 4.74 Å². The van der Waals surface area contributed by atoms with Crippen molar-refractivity contribution in [2.24, 2.45) is 0 Å². The lowest BCUT2D eigenvalue weighted by molar-refractivity contribution is 0.343. The van der Waals surface area contributed by atoms with E-state index in [-0.39, 0.29) is 0 Å². The van der Waals surface area contributed by atoms with E-state index in [1.807, 2.05) is 18.2 Å². The van der Waals surface area contributed by atoms with E-state index >= 15 is 0 Å². The standard InChI is InChI=1S/C25H22ClNO/c26-13-14-28-23-12-11-21-17-22(15-19-7-3-1-4-8-19)27-25(24(21)18-23)16-20-9-5-2-6-10-20/h1-12,17-18H,13-16H2. The molecule has 0 unspecified atom stereocenters. The number of rotatable bonds is 7. The summed E-state index contributed by atoms with van der Waals surface area (Å²) in [5.74, 6) is 1.31. The molecule has 0 aliphatic rings. The van der Waals surface area contributed by atoms with Gasteiger partial charge in [0, 0.05) is 23.9 Å². The van der Waals surface area contributed by atoms with E-state index in [4.69, 9.17) is 21.3 Å². The highest BCUT2D eigenvalue weighted by molar-refractivity contribution is 6.18. The second-order valence-electron chi connectivity index (χ2n) is 6.81. The Morgan fingerprint density at radius 3 is 2.11 bits per heavy atom. The summed E-state index contributed by atoms with van der Waals surface area (Å²) in [6, 6.07) is 29.3. The van der Waals surface area contributed by atoms with Gasteiger partial charge in [0.1, 0.15) is 12.4 Å². The smallest absolute Gasteiger partial charge is 0.120 e. The molecule has 0 fully saturated rings. The van der Waals surface area contributed by atoms with E-state index in [1.54, 1.807) is 0 Å². The van der Waals surface area contributed by atoms with Crippen LogP contribution in [0.2, 0.25) is 0 Å². The number of benzene rings is 3. The molecular formula is C25H22ClNO. The van der Waals surface area contributed by atoms with Crippen molar-refractivity contribution < 1.29 is 4.74 Å². The molecule has 2 nitrogen and oxygen atoms in total. The predicted octanol–water partition coefficient (Wildman–Crippen LogP) is 6.03. The minimum Gasteiger partial charge on any atom is -0.492 e. The first-order chi connectivity index (χ1) is 13.8. The SMILES string of the molecule is ClCCOc1ccc2cc(Cc3ccccc3)nc(Cc3ccccc3)c2c1. The summed E-state index contributed by atoms with van der Waals surface area (Å²) in [6.45, 7) is 0.501. The summed E-state index contributed by atoms with van der Waals surface area (Å²) in [7, 11) is 0. The summed E-state index contributed by atoms with van der Waals surface area (Å²) < 4.78 is 5.73. The normalized spacial score (nSPS) is 10.9. The molecule has 0 amide bonds. The van der Waals surface area contributed by atoms with Crippen LogP contribution in [0.4, 0.5) is 0 Å². The van der Waals surface area contributed by atoms with Crippen molar-refractivity contribution in [3.05, 3.63) is 107 Å². The number of nitrogens with zero attached hydrogens (tertiary/aromatic N) is 1. The molecule has 0 aliphatic carbocycles.